The van der Waals surface area contributed by atoms with Crippen LogP contribution in [0.15, 0.2) is 24.3 Å². The summed E-state index contributed by atoms with van der Waals surface area (Å²) in [5.74, 6) is -0.259. The molecule has 0 spiro atoms. The first-order chi connectivity index (χ1) is 12.8. The minimum absolute atomic E-state index is 0.0568. The van der Waals surface area contributed by atoms with Crippen molar-refractivity contribution in [2.24, 2.45) is 0 Å². The number of ketones is 1. The first kappa shape index (κ1) is 19.2. The molecule has 1 N–H and O–H groups in total. The summed E-state index contributed by atoms with van der Waals surface area (Å²) in [6.07, 6.45) is 0. The lowest BCUT2D eigenvalue weighted by atomic mass is 10.1. The number of nitrogens with zero attached hydrogens (tertiary/aromatic N) is 2. The van der Waals surface area contributed by atoms with Gasteiger partial charge in [-0.25, -0.2) is 0 Å². The van der Waals surface area contributed by atoms with Crippen LogP contribution in [0, 0.1) is 13.8 Å². The molecule has 2 heterocycles. The molecular weight excluding hydrogens is 366 g/mol. The van der Waals surface area contributed by atoms with Gasteiger partial charge in [-0.1, -0.05) is 11.6 Å². The number of hydrogen-bond acceptors (Lipinski definition) is 3. The Morgan fingerprint density at radius 3 is 1.93 bits per heavy atom. The van der Waals surface area contributed by atoms with Crippen molar-refractivity contribution in [2.45, 2.75) is 20.8 Å². The highest BCUT2D eigenvalue weighted by atomic mass is 35.5. The quantitative estimate of drug-likeness (QED) is 0.822. The standard InChI is InChI=1S/C20H22ClN3O3/c1-12-17(14(3)25)13(2)22-18(12)20(27)24-10-8-23(9-11-24)19(26)15-4-6-16(21)7-5-15/h4-7,22H,8-11H2,1-3H3. The van der Waals surface area contributed by atoms with Crippen molar-refractivity contribution in [1.29, 1.82) is 0 Å². The summed E-state index contributed by atoms with van der Waals surface area (Å²) in [6.45, 7) is 6.91. The molecule has 7 heteroatoms. The Morgan fingerprint density at radius 2 is 1.44 bits per heavy atom. The van der Waals surface area contributed by atoms with E-state index >= 15 is 0 Å². The summed E-state index contributed by atoms with van der Waals surface area (Å²) >= 11 is 5.87. The van der Waals surface area contributed by atoms with Crippen molar-refractivity contribution >= 4 is 29.2 Å². The van der Waals surface area contributed by atoms with E-state index in [-0.39, 0.29) is 17.6 Å². The molecule has 1 aliphatic rings. The van der Waals surface area contributed by atoms with Crippen LogP contribution in [0.1, 0.15) is 49.4 Å². The van der Waals surface area contributed by atoms with Crippen LogP contribution in [0.25, 0.3) is 0 Å². The molecule has 6 nitrogen and oxygen atoms in total. The van der Waals surface area contributed by atoms with Crippen molar-refractivity contribution in [3.63, 3.8) is 0 Å². The Labute approximate surface area is 163 Å². The third-order valence-corrected chi connectivity index (χ3v) is 5.20. The average molecular weight is 388 g/mol. The maximum absolute atomic E-state index is 12.9. The van der Waals surface area contributed by atoms with Gasteiger partial charge < -0.3 is 14.8 Å². The predicted molar refractivity (Wildman–Crippen MR) is 104 cm³/mol. The molecule has 3 rings (SSSR count). The number of aryl methyl sites for hydroxylation is 1. The molecule has 1 fully saturated rings. The second-order valence-electron chi connectivity index (χ2n) is 6.77. The number of halogens is 1. The number of carbonyl (C=O) groups is 3. The van der Waals surface area contributed by atoms with E-state index in [1.54, 1.807) is 47.9 Å². The van der Waals surface area contributed by atoms with Gasteiger partial charge in [-0.3, -0.25) is 14.4 Å². The molecule has 1 aliphatic heterocycles. The average Bonchev–Trinajstić information content (AvgIpc) is 2.95. The van der Waals surface area contributed by atoms with Crippen molar-refractivity contribution < 1.29 is 14.4 Å². The molecule has 0 saturated carbocycles. The van der Waals surface area contributed by atoms with E-state index in [9.17, 15) is 14.4 Å². The fourth-order valence-electron chi connectivity index (χ4n) is 3.54. The predicted octanol–water partition coefficient (Wildman–Crippen LogP) is 3.09. The maximum Gasteiger partial charge on any atom is 0.270 e. The van der Waals surface area contributed by atoms with Crippen molar-refractivity contribution in [2.75, 3.05) is 26.2 Å². The Hall–Kier alpha value is -2.60. The third kappa shape index (κ3) is 3.76. The Morgan fingerprint density at radius 1 is 0.926 bits per heavy atom. The van der Waals surface area contributed by atoms with E-state index in [4.69, 9.17) is 11.6 Å². The molecule has 2 amide bonds. The molecule has 2 aromatic rings. The number of rotatable bonds is 3. The highest BCUT2D eigenvalue weighted by Gasteiger charge is 2.28. The molecule has 0 aliphatic carbocycles. The van der Waals surface area contributed by atoms with Crippen LogP contribution in [0.3, 0.4) is 0 Å². The molecule has 0 unspecified atom stereocenters. The van der Waals surface area contributed by atoms with Crippen molar-refractivity contribution in [3.05, 3.63) is 57.4 Å². The highest BCUT2D eigenvalue weighted by Crippen LogP contribution is 2.21. The Bertz CT molecular complexity index is 894. The minimum Gasteiger partial charge on any atom is -0.354 e. The number of nitrogens with one attached hydrogen (secondary N) is 1. The molecule has 1 saturated heterocycles. The van der Waals surface area contributed by atoms with Gasteiger partial charge in [0.15, 0.2) is 5.78 Å². The number of benzene rings is 1. The number of aromatic nitrogens is 1. The summed E-state index contributed by atoms with van der Waals surface area (Å²) in [5.41, 5.74) is 3.01. The summed E-state index contributed by atoms with van der Waals surface area (Å²) in [5, 5.41) is 0.587. The van der Waals surface area contributed by atoms with Crippen LogP contribution in [0.2, 0.25) is 5.02 Å². The second kappa shape index (κ2) is 7.56. The molecule has 142 valence electrons. The summed E-state index contributed by atoms with van der Waals surface area (Å²) in [6, 6.07) is 6.79. The van der Waals surface area contributed by atoms with E-state index in [1.165, 1.54) is 6.92 Å². The van der Waals surface area contributed by atoms with Crippen LogP contribution in [0.4, 0.5) is 0 Å². The van der Waals surface area contributed by atoms with Crippen molar-refractivity contribution in [1.82, 2.24) is 14.8 Å². The Balaban J connectivity index is 1.68. The summed E-state index contributed by atoms with van der Waals surface area (Å²) in [7, 11) is 0. The lowest BCUT2D eigenvalue weighted by Crippen LogP contribution is -2.50. The Kier molecular flexibility index (Phi) is 5.37. The first-order valence-electron chi connectivity index (χ1n) is 8.83. The summed E-state index contributed by atoms with van der Waals surface area (Å²) < 4.78 is 0. The number of carbonyl (C=O) groups excluding carboxylic acids is 3. The van der Waals surface area contributed by atoms with Gasteiger partial charge in [0.1, 0.15) is 5.69 Å². The maximum atomic E-state index is 12.9. The van der Waals surface area contributed by atoms with Gasteiger partial charge in [0.05, 0.1) is 0 Å². The molecule has 0 atom stereocenters. The fourth-order valence-corrected chi connectivity index (χ4v) is 3.66. The monoisotopic (exact) mass is 387 g/mol. The number of amides is 2. The van der Waals surface area contributed by atoms with Crippen LogP contribution in [0.5, 0.6) is 0 Å². The van der Waals surface area contributed by atoms with Crippen LogP contribution in [-0.2, 0) is 0 Å². The van der Waals surface area contributed by atoms with Crippen molar-refractivity contribution in [3.8, 4) is 0 Å². The van der Waals surface area contributed by atoms with E-state index in [2.05, 4.69) is 4.98 Å². The fraction of sp³-hybridized carbons (Fsp3) is 0.350. The number of H-pyrrole nitrogens is 1. The topological polar surface area (TPSA) is 73.5 Å². The zero-order valence-corrected chi connectivity index (χ0v) is 16.4. The van der Waals surface area contributed by atoms with Gasteiger partial charge >= 0.3 is 0 Å². The highest BCUT2D eigenvalue weighted by molar-refractivity contribution is 6.30. The van der Waals surface area contributed by atoms with Gasteiger partial charge in [0.25, 0.3) is 11.8 Å². The second-order valence-corrected chi connectivity index (χ2v) is 7.21. The minimum atomic E-state index is -0.137. The lowest BCUT2D eigenvalue weighted by Gasteiger charge is -2.34. The zero-order valence-electron chi connectivity index (χ0n) is 15.6. The largest absolute Gasteiger partial charge is 0.354 e. The van der Waals surface area contributed by atoms with Gasteiger partial charge in [0, 0.05) is 48.0 Å². The molecular formula is C20H22ClN3O3. The number of aromatic amines is 1. The molecule has 27 heavy (non-hydrogen) atoms. The smallest absolute Gasteiger partial charge is 0.270 e. The van der Waals surface area contributed by atoms with Crippen LogP contribution < -0.4 is 0 Å². The van der Waals surface area contributed by atoms with E-state index in [0.29, 0.717) is 59.3 Å². The molecule has 0 radical (unpaired) electrons. The van der Waals surface area contributed by atoms with E-state index in [0.717, 1.165) is 0 Å². The molecule has 1 aromatic carbocycles. The van der Waals surface area contributed by atoms with Gasteiger partial charge in [-0.15, -0.1) is 0 Å². The number of Topliss-reactive ketones (excluding diaryl/α,β-unsaturated/α-hetero) is 1. The van der Waals surface area contributed by atoms with E-state index in [1.807, 2.05) is 0 Å². The number of hydrogen-bond donors (Lipinski definition) is 1. The molecule has 1 aromatic heterocycles. The third-order valence-electron chi connectivity index (χ3n) is 4.95. The first-order valence-corrected chi connectivity index (χ1v) is 9.21. The van der Waals surface area contributed by atoms with E-state index < -0.39 is 0 Å². The lowest BCUT2D eigenvalue weighted by molar-refractivity contribution is 0.0532. The van der Waals surface area contributed by atoms with Crippen LogP contribution >= 0.6 is 11.6 Å². The SMILES string of the molecule is CC(=O)c1c(C)[nH]c(C(=O)N2CCN(C(=O)c3ccc(Cl)cc3)CC2)c1C. The number of piperazine rings is 1. The van der Waals surface area contributed by atoms with Gasteiger partial charge in [-0.05, 0) is 50.6 Å². The zero-order chi connectivity index (χ0) is 19.7. The molecule has 0 bridgehead atoms. The van der Waals surface area contributed by atoms with Gasteiger partial charge in [-0.2, -0.15) is 0 Å². The summed E-state index contributed by atoms with van der Waals surface area (Å²) in [4.78, 5) is 43.7. The normalized spacial score (nSPS) is 14.4. The van der Waals surface area contributed by atoms with Gasteiger partial charge in [0.2, 0.25) is 0 Å². The van der Waals surface area contributed by atoms with Crippen LogP contribution in [-0.4, -0.2) is 58.6 Å².